The van der Waals surface area contributed by atoms with Gasteiger partial charge in [0.25, 0.3) is 0 Å². The normalized spacial score (nSPS) is 13.8. The molecule has 1 aromatic carbocycles. The minimum Gasteiger partial charge on any atom is -0.256 e. The third-order valence-electron chi connectivity index (χ3n) is 3.11. The van der Waals surface area contributed by atoms with Gasteiger partial charge < -0.3 is 0 Å². The summed E-state index contributed by atoms with van der Waals surface area (Å²) in [4.78, 5) is 4.54. The molecule has 2 aromatic rings. The van der Waals surface area contributed by atoms with Crippen LogP contribution in [0.1, 0.15) is 17.5 Å². The number of nitrogens with zero attached hydrogens (tertiary/aromatic N) is 1. The highest BCUT2D eigenvalue weighted by atomic mass is 79.9. The summed E-state index contributed by atoms with van der Waals surface area (Å²) < 4.78 is 1.13. The molecular weight excluding hydrogens is 262 g/mol. The van der Waals surface area contributed by atoms with Crippen LogP contribution < -0.4 is 0 Å². The Hall–Kier alpha value is -1.15. The molecule has 1 aliphatic carbocycles. The molecule has 0 amide bonds. The second kappa shape index (κ2) is 4.02. The summed E-state index contributed by atoms with van der Waals surface area (Å²) in [6.07, 6.45) is 5.39. The van der Waals surface area contributed by atoms with E-state index in [1.54, 1.807) is 0 Å². The molecule has 0 unspecified atom stereocenters. The Kier molecular flexibility index (Phi) is 2.52. The topological polar surface area (TPSA) is 12.9 Å². The Labute approximate surface area is 104 Å². The second-order valence-electron chi connectivity index (χ2n) is 4.17. The summed E-state index contributed by atoms with van der Waals surface area (Å²) in [5, 5.41) is 0. The van der Waals surface area contributed by atoms with Crippen LogP contribution in [-0.4, -0.2) is 4.98 Å². The van der Waals surface area contributed by atoms with Crippen molar-refractivity contribution in [1.29, 1.82) is 0 Å². The lowest BCUT2D eigenvalue weighted by atomic mass is 10.0. The van der Waals surface area contributed by atoms with E-state index >= 15 is 0 Å². The summed E-state index contributed by atoms with van der Waals surface area (Å²) >= 11 is 3.54. The molecule has 0 fully saturated rings. The summed E-state index contributed by atoms with van der Waals surface area (Å²) in [6, 6.07) is 10.7. The highest BCUT2D eigenvalue weighted by Gasteiger charge is 2.14. The van der Waals surface area contributed by atoms with E-state index in [1.165, 1.54) is 23.1 Å². The van der Waals surface area contributed by atoms with Crippen LogP contribution in [0.3, 0.4) is 0 Å². The number of hydrogen-bond acceptors (Lipinski definition) is 1. The molecule has 0 N–H and O–H groups in total. The van der Waals surface area contributed by atoms with Gasteiger partial charge in [-0.25, -0.2) is 0 Å². The number of benzene rings is 1. The lowest BCUT2D eigenvalue weighted by molar-refractivity contribution is 0.833. The molecule has 0 radical (unpaired) electrons. The summed E-state index contributed by atoms with van der Waals surface area (Å²) in [5.74, 6) is 0. The Morgan fingerprint density at radius 1 is 1.06 bits per heavy atom. The van der Waals surface area contributed by atoms with Gasteiger partial charge in [-0.3, -0.25) is 4.98 Å². The average Bonchev–Trinajstić information content (AvgIpc) is 2.48. The minimum atomic E-state index is 1.13. The monoisotopic (exact) mass is 273 g/mol. The van der Waals surface area contributed by atoms with Crippen LogP contribution in [-0.2, 0) is 12.8 Å². The fourth-order valence-electron chi connectivity index (χ4n) is 2.34. The average molecular weight is 274 g/mol. The van der Waals surface area contributed by atoms with Crippen molar-refractivity contribution in [2.45, 2.75) is 19.3 Å². The molecule has 2 heteroatoms. The number of aromatic nitrogens is 1. The van der Waals surface area contributed by atoms with Crippen LogP contribution in [0.2, 0.25) is 0 Å². The molecule has 1 aliphatic rings. The molecule has 0 aliphatic heterocycles. The molecule has 16 heavy (non-hydrogen) atoms. The van der Waals surface area contributed by atoms with Gasteiger partial charge in [-0.1, -0.05) is 28.1 Å². The van der Waals surface area contributed by atoms with Gasteiger partial charge in [-0.05, 0) is 48.6 Å². The molecule has 1 aromatic heterocycles. The first kappa shape index (κ1) is 10.0. The van der Waals surface area contributed by atoms with Crippen LogP contribution in [0.4, 0.5) is 0 Å². The van der Waals surface area contributed by atoms with Crippen molar-refractivity contribution in [2.24, 2.45) is 0 Å². The van der Waals surface area contributed by atoms with Crippen LogP contribution in [0.15, 0.2) is 41.0 Å². The first-order valence-corrected chi connectivity index (χ1v) is 6.36. The molecule has 1 heterocycles. The van der Waals surface area contributed by atoms with Crippen molar-refractivity contribution in [2.75, 3.05) is 0 Å². The molecule has 0 saturated heterocycles. The smallest absolute Gasteiger partial charge is 0.0737 e. The second-order valence-corrected chi connectivity index (χ2v) is 5.08. The van der Waals surface area contributed by atoms with Gasteiger partial charge >= 0.3 is 0 Å². The molecule has 0 saturated carbocycles. The first-order valence-electron chi connectivity index (χ1n) is 5.57. The number of hydrogen-bond donors (Lipinski definition) is 0. The first-order chi connectivity index (χ1) is 7.84. The van der Waals surface area contributed by atoms with Gasteiger partial charge in [0.15, 0.2) is 0 Å². The van der Waals surface area contributed by atoms with Gasteiger partial charge in [0.05, 0.1) is 5.69 Å². The molecule has 3 rings (SSSR count). The maximum Gasteiger partial charge on any atom is 0.0737 e. The Morgan fingerprint density at radius 2 is 1.94 bits per heavy atom. The summed E-state index contributed by atoms with van der Waals surface area (Å²) in [7, 11) is 0. The van der Waals surface area contributed by atoms with Crippen molar-refractivity contribution < 1.29 is 0 Å². The fraction of sp³-hybridized carbons (Fsp3) is 0.214. The number of aryl methyl sites for hydroxylation is 2. The summed E-state index contributed by atoms with van der Waals surface area (Å²) in [6.45, 7) is 0. The van der Waals surface area contributed by atoms with Crippen LogP contribution in [0.5, 0.6) is 0 Å². The van der Waals surface area contributed by atoms with E-state index in [2.05, 4.69) is 45.2 Å². The molecule has 1 nitrogen and oxygen atoms in total. The Morgan fingerprint density at radius 3 is 2.88 bits per heavy atom. The van der Waals surface area contributed by atoms with Gasteiger partial charge in [-0.2, -0.15) is 0 Å². The fourth-order valence-corrected chi connectivity index (χ4v) is 2.70. The Balaban J connectivity index is 2.28. The predicted molar refractivity (Wildman–Crippen MR) is 69.4 cm³/mol. The van der Waals surface area contributed by atoms with Crippen molar-refractivity contribution in [3.63, 3.8) is 0 Å². The highest BCUT2D eigenvalue weighted by Crippen LogP contribution is 2.32. The van der Waals surface area contributed by atoms with E-state index in [0.29, 0.717) is 0 Å². The maximum atomic E-state index is 4.54. The maximum absolute atomic E-state index is 4.54. The van der Waals surface area contributed by atoms with E-state index in [4.69, 9.17) is 0 Å². The van der Waals surface area contributed by atoms with Crippen LogP contribution in [0.25, 0.3) is 11.3 Å². The largest absolute Gasteiger partial charge is 0.256 e. The molecule has 0 bridgehead atoms. The molecule has 0 atom stereocenters. The lowest BCUT2D eigenvalue weighted by Crippen LogP contribution is -1.91. The van der Waals surface area contributed by atoms with Gasteiger partial charge in [0.2, 0.25) is 0 Å². The van der Waals surface area contributed by atoms with E-state index in [0.717, 1.165) is 23.0 Å². The number of rotatable bonds is 0. The van der Waals surface area contributed by atoms with Crippen molar-refractivity contribution >= 4 is 15.9 Å². The predicted octanol–water partition coefficient (Wildman–Crippen LogP) is 4.00. The number of pyridine rings is 1. The third-order valence-corrected chi connectivity index (χ3v) is 3.60. The van der Waals surface area contributed by atoms with Crippen molar-refractivity contribution in [3.05, 3.63) is 52.1 Å². The SMILES string of the molecule is Brc1ccc2c(c1)-c1ncccc1CCC2. The third kappa shape index (κ3) is 1.67. The van der Waals surface area contributed by atoms with Crippen LogP contribution >= 0.6 is 15.9 Å². The number of halogens is 1. The highest BCUT2D eigenvalue weighted by molar-refractivity contribution is 9.10. The van der Waals surface area contributed by atoms with E-state index in [9.17, 15) is 0 Å². The van der Waals surface area contributed by atoms with Gasteiger partial charge in [0, 0.05) is 16.2 Å². The lowest BCUT2D eigenvalue weighted by Gasteiger charge is -2.08. The molecule has 0 spiro atoms. The standard InChI is InChI=1S/C14H12BrN/c15-12-7-6-10-3-1-4-11-5-2-8-16-14(11)13(10)9-12/h2,5-9H,1,3-4H2. The van der Waals surface area contributed by atoms with Crippen LogP contribution in [0, 0.1) is 0 Å². The zero-order valence-corrected chi connectivity index (χ0v) is 10.5. The van der Waals surface area contributed by atoms with Crippen molar-refractivity contribution in [3.8, 4) is 11.3 Å². The van der Waals surface area contributed by atoms with E-state index in [-0.39, 0.29) is 0 Å². The van der Waals surface area contributed by atoms with E-state index in [1.807, 2.05) is 12.3 Å². The minimum absolute atomic E-state index is 1.13. The zero-order chi connectivity index (χ0) is 11.0. The van der Waals surface area contributed by atoms with Crippen molar-refractivity contribution in [1.82, 2.24) is 4.98 Å². The zero-order valence-electron chi connectivity index (χ0n) is 8.91. The molecule has 80 valence electrons. The van der Waals surface area contributed by atoms with Gasteiger partial charge in [-0.15, -0.1) is 0 Å². The Bertz CT molecular complexity index is 534. The molecular formula is C14H12BrN. The van der Waals surface area contributed by atoms with E-state index < -0.39 is 0 Å². The van der Waals surface area contributed by atoms with Gasteiger partial charge in [0.1, 0.15) is 0 Å². The quantitative estimate of drug-likeness (QED) is 0.707. The summed E-state index contributed by atoms with van der Waals surface area (Å²) in [5.41, 5.74) is 5.25. The number of fused-ring (bicyclic) bond motifs is 3.